The molecule has 0 bridgehead atoms. The van der Waals surface area contributed by atoms with E-state index in [0.29, 0.717) is 31.1 Å². The van der Waals surface area contributed by atoms with E-state index in [-0.39, 0.29) is 18.0 Å². The summed E-state index contributed by atoms with van der Waals surface area (Å²) < 4.78 is 44.1. The maximum atomic E-state index is 13.0. The fourth-order valence-corrected chi connectivity index (χ4v) is 3.44. The first-order valence-corrected chi connectivity index (χ1v) is 7.06. The van der Waals surface area contributed by atoms with Crippen molar-refractivity contribution in [3.05, 3.63) is 27.2 Å². The van der Waals surface area contributed by atoms with E-state index in [2.05, 4.69) is 5.10 Å². The van der Waals surface area contributed by atoms with Crippen LogP contribution in [0.25, 0.3) is 0 Å². The summed E-state index contributed by atoms with van der Waals surface area (Å²) in [4.78, 5) is 13.5. The summed E-state index contributed by atoms with van der Waals surface area (Å²) in [5.74, 6) is 0.590. The van der Waals surface area contributed by atoms with Crippen molar-refractivity contribution in [2.45, 2.75) is 25.1 Å². The third-order valence-electron chi connectivity index (χ3n) is 3.59. The van der Waals surface area contributed by atoms with Gasteiger partial charge in [0.1, 0.15) is 5.56 Å². The van der Waals surface area contributed by atoms with Crippen molar-refractivity contribution in [2.24, 2.45) is 0 Å². The zero-order valence-corrected chi connectivity index (χ0v) is 11.2. The fourth-order valence-electron chi connectivity index (χ4n) is 2.73. The SMILES string of the molecule is O=c1[nH]nc2c(c1C(F)(F)F)CCC2N1CCOSC1. The molecule has 9 heteroatoms. The zero-order valence-electron chi connectivity index (χ0n) is 10.4. The average Bonchev–Trinajstić information content (AvgIpc) is 2.81. The molecule has 5 nitrogen and oxygen atoms in total. The molecule has 3 rings (SSSR count). The van der Waals surface area contributed by atoms with Crippen LogP contribution in [0.3, 0.4) is 0 Å². The number of hydrogen-bond acceptors (Lipinski definition) is 5. The second kappa shape index (κ2) is 5.05. The summed E-state index contributed by atoms with van der Waals surface area (Å²) in [6, 6.07) is -0.181. The smallest absolute Gasteiger partial charge is 0.313 e. The van der Waals surface area contributed by atoms with Gasteiger partial charge in [0.15, 0.2) is 0 Å². The Labute approximate surface area is 116 Å². The van der Waals surface area contributed by atoms with Gasteiger partial charge in [-0.05, 0) is 18.4 Å². The Balaban J connectivity index is 2.00. The molecule has 1 saturated heterocycles. The summed E-state index contributed by atoms with van der Waals surface area (Å²) in [6.45, 7) is 1.19. The second-order valence-electron chi connectivity index (χ2n) is 4.73. The number of halogens is 3. The van der Waals surface area contributed by atoms with Gasteiger partial charge in [-0.2, -0.15) is 18.3 Å². The van der Waals surface area contributed by atoms with Gasteiger partial charge in [-0.3, -0.25) is 9.69 Å². The van der Waals surface area contributed by atoms with E-state index in [1.54, 1.807) is 0 Å². The van der Waals surface area contributed by atoms with Crippen LogP contribution < -0.4 is 5.56 Å². The van der Waals surface area contributed by atoms with Crippen LogP contribution in [0.15, 0.2) is 4.79 Å². The molecule has 1 aliphatic carbocycles. The van der Waals surface area contributed by atoms with Gasteiger partial charge in [-0.25, -0.2) is 5.10 Å². The lowest BCUT2D eigenvalue weighted by Crippen LogP contribution is -2.34. The number of aromatic amines is 1. The standard InChI is InChI=1S/C11H12F3N3O2S/c12-11(13,14)8-6-1-2-7(9(6)15-16-10(8)18)17-3-4-19-20-5-17/h7H,1-5H2,(H,16,18). The molecule has 0 amide bonds. The molecule has 0 aromatic carbocycles. The highest BCUT2D eigenvalue weighted by Crippen LogP contribution is 2.40. The van der Waals surface area contributed by atoms with Crippen LogP contribution in [0.2, 0.25) is 0 Å². The molecule has 20 heavy (non-hydrogen) atoms. The average molecular weight is 307 g/mol. The Morgan fingerprint density at radius 3 is 2.90 bits per heavy atom. The molecular weight excluding hydrogens is 295 g/mol. The lowest BCUT2D eigenvalue weighted by atomic mass is 10.1. The van der Waals surface area contributed by atoms with E-state index >= 15 is 0 Å². The Morgan fingerprint density at radius 2 is 2.25 bits per heavy atom. The first-order chi connectivity index (χ1) is 9.48. The molecule has 110 valence electrons. The molecule has 0 saturated carbocycles. The minimum atomic E-state index is -4.64. The van der Waals surface area contributed by atoms with Gasteiger partial charge in [0.2, 0.25) is 0 Å². The Kier molecular flexibility index (Phi) is 3.51. The molecule has 1 aromatic heterocycles. The zero-order chi connectivity index (χ0) is 14.3. The number of nitrogens with one attached hydrogen (secondary N) is 1. The second-order valence-corrected chi connectivity index (χ2v) is 5.45. The number of fused-ring (bicyclic) bond motifs is 1. The minimum absolute atomic E-state index is 0.0442. The third-order valence-corrected chi connectivity index (χ3v) is 4.36. The summed E-state index contributed by atoms with van der Waals surface area (Å²) in [6.07, 6.45) is -3.87. The molecule has 0 radical (unpaired) electrons. The van der Waals surface area contributed by atoms with Crippen LogP contribution in [0, 0.1) is 0 Å². The van der Waals surface area contributed by atoms with Crippen molar-refractivity contribution < 1.29 is 17.4 Å². The van der Waals surface area contributed by atoms with Gasteiger partial charge in [0.25, 0.3) is 5.56 Å². The highest BCUT2D eigenvalue weighted by atomic mass is 32.2. The fraction of sp³-hybridized carbons (Fsp3) is 0.636. The lowest BCUT2D eigenvalue weighted by molar-refractivity contribution is -0.139. The summed E-state index contributed by atoms with van der Waals surface area (Å²) in [5.41, 5.74) is -1.86. The molecule has 1 aromatic rings. The van der Waals surface area contributed by atoms with Crippen LogP contribution in [-0.4, -0.2) is 34.1 Å². The Morgan fingerprint density at radius 1 is 1.45 bits per heavy atom. The van der Waals surface area contributed by atoms with Crippen molar-refractivity contribution in [2.75, 3.05) is 19.0 Å². The van der Waals surface area contributed by atoms with Crippen molar-refractivity contribution >= 4 is 12.0 Å². The largest absolute Gasteiger partial charge is 0.422 e. The molecule has 0 spiro atoms. The van der Waals surface area contributed by atoms with E-state index < -0.39 is 17.3 Å². The van der Waals surface area contributed by atoms with E-state index in [9.17, 15) is 18.0 Å². The molecule has 1 fully saturated rings. The van der Waals surface area contributed by atoms with E-state index in [1.165, 1.54) is 12.0 Å². The van der Waals surface area contributed by atoms with Gasteiger partial charge in [0.05, 0.1) is 24.2 Å². The highest BCUT2D eigenvalue weighted by molar-refractivity contribution is 7.94. The van der Waals surface area contributed by atoms with Gasteiger partial charge in [-0.1, -0.05) is 0 Å². The van der Waals surface area contributed by atoms with Gasteiger partial charge < -0.3 is 4.18 Å². The molecular formula is C11H12F3N3O2S. The summed E-state index contributed by atoms with van der Waals surface area (Å²) >= 11 is 1.28. The highest BCUT2D eigenvalue weighted by Gasteiger charge is 2.42. The monoisotopic (exact) mass is 307 g/mol. The van der Waals surface area contributed by atoms with Crippen LogP contribution in [-0.2, 0) is 16.8 Å². The normalized spacial score (nSPS) is 23.9. The number of alkyl halides is 3. The number of hydrogen-bond donors (Lipinski definition) is 1. The van der Waals surface area contributed by atoms with Crippen LogP contribution in [0.5, 0.6) is 0 Å². The molecule has 2 aliphatic rings. The number of rotatable bonds is 1. The van der Waals surface area contributed by atoms with E-state index in [1.807, 2.05) is 10.00 Å². The molecule has 2 heterocycles. The maximum absolute atomic E-state index is 13.0. The molecule has 1 unspecified atom stereocenters. The van der Waals surface area contributed by atoms with Gasteiger partial charge in [-0.15, -0.1) is 0 Å². The predicted molar refractivity (Wildman–Crippen MR) is 66.0 cm³/mol. The van der Waals surface area contributed by atoms with E-state index in [0.717, 1.165) is 0 Å². The van der Waals surface area contributed by atoms with E-state index in [4.69, 9.17) is 4.18 Å². The van der Waals surface area contributed by atoms with Gasteiger partial charge in [0, 0.05) is 18.6 Å². The topological polar surface area (TPSA) is 58.2 Å². The molecule has 1 N–H and O–H groups in total. The first kappa shape index (κ1) is 13.9. The van der Waals surface area contributed by atoms with Gasteiger partial charge >= 0.3 is 6.18 Å². The predicted octanol–water partition coefficient (Wildman–Crippen LogP) is 1.71. The van der Waals surface area contributed by atoms with Crippen LogP contribution in [0.1, 0.15) is 29.3 Å². The number of H-pyrrole nitrogens is 1. The Bertz CT molecular complexity index is 569. The first-order valence-electron chi connectivity index (χ1n) is 6.15. The maximum Gasteiger partial charge on any atom is 0.422 e. The molecule has 1 aliphatic heterocycles. The third kappa shape index (κ3) is 2.33. The Hall–Kier alpha value is -1.06. The van der Waals surface area contributed by atoms with Crippen molar-refractivity contribution in [3.8, 4) is 0 Å². The van der Waals surface area contributed by atoms with Crippen LogP contribution >= 0.6 is 12.0 Å². The van der Waals surface area contributed by atoms with Crippen molar-refractivity contribution in [3.63, 3.8) is 0 Å². The summed E-state index contributed by atoms with van der Waals surface area (Å²) in [7, 11) is 0. The molecule has 1 atom stereocenters. The lowest BCUT2D eigenvalue weighted by Gasteiger charge is -2.30. The minimum Gasteiger partial charge on any atom is -0.313 e. The number of nitrogens with zero attached hydrogens (tertiary/aromatic N) is 2. The van der Waals surface area contributed by atoms with Crippen molar-refractivity contribution in [1.29, 1.82) is 0 Å². The van der Waals surface area contributed by atoms with Crippen molar-refractivity contribution in [1.82, 2.24) is 15.1 Å². The number of aromatic nitrogens is 2. The van der Waals surface area contributed by atoms with Crippen LogP contribution in [0.4, 0.5) is 13.2 Å². The quantitative estimate of drug-likeness (QED) is 0.801. The summed E-state index contributed by atoms with van der Waals surface area (Å²) in [5, 5.41) is 5.85.